The van der Waals surface area contributed by atoms with Crippen LogP contribution in [0.1, 0.15) is 57.8 Å². The molecule has 8 nitrogen and oxygen atoms in total. The smallest absolute Gasteiger partial charge is 0.356 e. The van der Waals surface area contributed by atoms with Gasteiger partial charge in [0.25, 0.3) is 0 Å². The maximum Gasteiger partial charge on any atom is 0.522 e. The summed E-state index contributed by atoms with van der Waals surface area (Å²) in [6.07, 6.45) is -3.73. The van der Waals surface area contributed by atoms with E-state index in [4.69, 9.17) is 0 Å². The molecule has 3 amide bonds. The van der Waals surface area contributed by atoms with Crippen LogP contribution < -0.4 is 10.6 Å². The van der Waals surface area contributed by atoms with Crippen molar-refractivity contribution in [2.45, 2.75) is 82.2 Å². The van der Waals surface area contributed by atoms with Crippen LogP contribution in [0.2, 0.25) is 0 Å². The van der Waals surface area contributed by atoms with Crippen LogP contribution in [0.25, 0.3) is 0 Å². The maximum absolute atomic E-state index is 13.6. The van der Waals surface area contributed by atoms with E-state index >= 15 is 0 Å². The summed E-state index contributed by atoms with van der Waals surface area (Å²) in [7, 11) is 0. The number of rotatable bonds is 8. The third kappa shape index (κ3) is 6.33. The highest BCUT2D eigenvalue weighted by molar-refractivity contribution is 5.94. The summed E-state index contributed by atoms with van der Waals surface area (Å²) in [5.41, 5.74) is -0.236. The fourth-order valence-electron chi connectivity index (χ4n) is 5.53. The molecule has 0 aromatic heterocycles. The molecule has 4 aliphatic rings. The Bertz CT molecular complexity index is 897. The van der Waals surface area contributed by atoms with E-state index < -0.39 is 67.3 Å². The quantitative estimate of drug-likeness (QED) is 0.476. The summed E-state index contributed by atoms with van der Waals surface area (Å²) in [5, 5.41) is 5.06. The van der Waals surface area contributed by atoms with Crippen molar-refractivity contribution in [3.63, 3.8) is 0 Å². The predicted octanol–water partition coefficient (Wildman–Crippen LogP) is 2.31. The van der Waals surface area contributed by atoms with Crippen LogP contribution in [0.4, 0.5) is 22.0 Å². The van der Waals surface area contributed by atoms with Gasteiger partial charge in [0.05, 0.1) is 6.04 Å². The van der Waals surface area contributed by atoms with Crippen molar-refractivity contribution < 1.29 is 45.9 Å². The van der Waals surface area contributed by atoms with Gasteiger partial charge in [0, 0.05) is 37.8 Å². The summed E-state index contributed by atoms with van der Waals surface area (Å²) >= 11 is 0. The van der Waals surface area contributed by atoms with Gasteiger partial charge >= 0.3 is 6.36 Å². The van der Waals surface area contributed by atoms with Gasteiger partial charge in [0.2, 0.25) is 23.6 Å². The van der Waals surface area contributed by atoms with Gasteiger partial charge in [-0.1, -0.05) is 0 Å². The Hall–Kier alpha value is -2.31. The van der Waals surface area contributed by atoms with E-state index in [9.17, 15) is 41.1 Å². The molecule has 202 valence electrons. The molecule has 2 N–H and O–H groups in total. The molecule has 3 atom stereocenters. The Morgan fingerprint density at radius 3 is 2.33 bits per heavy atom. The average Bonchev–Trinajstić information content (AvgIpc) is 3.25. The minimum absolute atomic E-state index is 0.0103. The number of hydrogen-bond donors (Lipinski definition) is 2. The van der Waals surface area contributed by atoms with Crippen molar-refractivity contribution in [1.29, 1.82) is 0 Å². The minimum Gasteiger partial charge on any atom is -0.356 e. The summed E-state index contributed by atoms with van der Waals surface area (Å²) in [6, 6.07) is -2.37. The molecule has 2 aliphatic heterocycles. The fourth-order valence-corrected chi connectivity index (χ4v) is 5.53. The van der Waals surface area contributed by atoms with Crippen molar-refractivity contribution in [3.8, 4) is 0 Å². The van der Waals surface area contributed by atoms with Crippen LogP contribution in [0.15, 0.2) is 0 Å². The van der Waals surface area contributed by atoms with Crippen LogP contribution in [0, 0.1) is 17.3 Å². The Kier molecular flexibility index (Phi) is 7.33. The number of nitrogens with zero attached hydrogens (tertiary/aromatic N) is 1. The van der Waals surface area contributed by atoms with Crippen molar-refractivity contribution in [1.82, 2.24) is 15.5 Å². The zero-order chi connectivity index (χ0) is 26.3. The number of hydrogen-bond acceptors (Lipinski definition) is 5. The van der Waals surface area contributed by atoms with Gasteiger partial charge in [0.15, 0.2) is 5.78 Å². The molecule has 2 heterocycles. The highest BCUT2D eigenvalue weighted by Gasteiger charge is 2.56. The lowest BCUT2D eigenvalue weighted by Crippen LogP contribution is -2.53. The molecule has 4 rings (SSSR count). The molecular weight excluding hydrogens is 493 g/mol. The molecule has 13 heteroatoms. The number of ketones is 1. The van der Waals surface area contributed by atoms with Gasteiger partial charge in [-0.15, -0.1) is 13.2 Å². The maximum atomic E-state index is 13.6. The van der Waals surface area contributed by atoms with Crippen LogP contribution >= 0.6 is 0 Å². The molecule has 2 saturated heterocycles. The predicted molar refractivity (Wildman–Crippen MR) is 113 cm³/mol. The topological polar surface area (TPSA) is 105 Å². The second-order valence-electron chi connectivity index (χ2n) is 10.6. The van der Waals surface area contributed by atoms with E-state index in [0.29, 0.717) is 25.9 Å². The number of carbonyl (C=O) groups is 4. The van der Waals surface area contributed by atoms with Crippen molar-refractivity contribution >= 4 is 23.5 Å². The molecule has 4 fully saturated rings. The third-order valence-corrected chi connectivity index (χ3v) is 7.88. The van der Waals surface area contributed by atoms with E-state index in [0.717, 1.165) is 12.8 Å². The number of alkyl halides is 5. The van der Waals surface area contributed by atoms with E-state index in [2.05, 4.69) is 15.4 Å². The lowest BCUT2D eigenvalue weighted by Gasteiger charge is -2.33. The van der Waals surface area contributed by atoms with E-state index in [1.807, 2.05) is 0 Å². The molecular formula is C23H30F5N3O5. The summed E-state index contributed by atoms with van der Waals surface area (Å²) in [5.74, 6) is -6.58. The zero-order valence-corrected chi connectivity index (χ0v) is 19.7. The first-order valence-corrected chi connectivity index (χ1v) is 12.3. The number of amides is 3. The molecule has 2 saturated carbocycles. The molecule has 0 radical (unpaired) electrons. The second kappa shape index (κ2) is 9.86. The second-order valence-corrected chi connectivity index (χ2v) is 10.6. The van der Waals surface area contributed by atoms with E-state index in [-0.39, 0.29) is 36.5 Å². The molecule has 1 spiro atoms. The lowest BCUT2D eigenvalue weighted by atomic mass is 9.85. The van der Waals surface area contributed by atoms with Crippen LogP contribution in [-0.4, -0.2) is 72.5 Å². The standard InChI is InChI=1S/C23H30F5N3O5/c24-22(25)4-1-13(2-5-22)20(35)31-12-21(6-7-21)10-16(31)19(34)30-15(9-14-3-8-29-18(14)33)17(32)11-36-23(26,27)28/h13-16H,1-12H2,(H,29,33)(H,30,34)/t14-,15-,16-/m0/s1. The lowest BCUT2D eigenvalue weighted by molar-refractivity contribution is -0.321. The highest BCUT2D eigenvalue weighted by atomic mass is 19.4. The van der Waals surface area contributed by atoms with Crippen LogP contribution in [0.5, 0.6) is 0 Å². The largest absolute Gasteiger partial charge is 0.522 e. The Morgan fingerprint density at radius 1 is 1.11 bits per heavy atom. The third-order valence-electron chi connectivity index (χ3n) is 7.88. The van der Waals surface area contributed by atoms with Crippen LogP contribution in [-0.2, 0) is 23.9 Å². The van der Waals surface area contributed by atoms with Crippen molar-refractivity contribution in [3.05, 3.63) is 0 Å². The van der Waals surface area contributed by atoms with E-state index in [1.54, 1.807) is 0 Å². The van der Waals surface area contributed by atoms with E-state index in [1.165, 1.54) is 4.90 Å². The van der Waals surface area contributed by atoms with Gasteiger partial charge in [-0.2, -0.15) is 0 Å². The normalized spacial score (nSPS) is 28.1. The molecule has 0 bridgehead atoms. The van der Waals surface area contributed by atoms with Gasteiger partial charge in [-0.05, 0) is 50.4 Å². The number of Topliss-reactive ketones (excluding diaryl/α,β-unsaturated/α-hetero) is 1. The summed E-state index contributed by atoms with van der Waals surface area (Å²) in [6.45, 7) is -0.667. The van der Waals surface area contributed by atoms with Crippen LogP contribution in [0.3, 0.4) is 0 Å². The molecule has 0 unspecified atom stereocenters. The van der Waals surface area contributed by atoms with Gasteiger partial charge in [0.1, 0.15) is 12.6 Å². The number of ether oxygens (including phenoxy) is 1. The first-order valence-electron chi connectivity index (χ1n) is 12.3. The fraction of sp³-hybridized carbons (Fsp3) is 0.826. The Morgan fingerprint density at radius 2 is 1.78 bits per heavy atom. The first kappa shape index (κ1) is 26.7. The molecule has 2 aliphatic carbocycles. The average molecular weight is 523 g/mol. The summed E-state index contributed by atoms with van der Waals surface area (Å²) in [4.78, 5) is 52.5. The minimum atomic E-state index is -5.04. The van der Waals surface area contributed by atoms with Crippen molar-refractivity contribution in [2.75, 3.05) is 19.7 Å². The molecule has 36 heavy (non-hydrogen) atoms. The van der Waals surface area contributed by atoms with Gasteiger partial charge in [-0.25, -0.2) is 8.78 Å². The molecule has 0 aromatic rings. The van der Waals surface area contributed by atoms with Crippen molar-refractivity contribution in [2.24, 2.45) is 17.3 Å². The Balaban J connectivity index is 1.45. The number of likely N-dealkylation sites (tertiary alicyclic amines) is 1. The number of nitrogens with one attached hydrogen (secondary N) is 2. The monoisotopic (exact) mass is 523 g/mol. The van der Waals surface area contributed by atoms with Gasteiger partial charge in [-0.3, -0.25) is 23.9 Å². The SMILES string of the molecule is O=C1NCC[C@H]1C[C@H](NC(=O)[C@@H]1CC2(CC2)CN1C(=O)C1CCC(F)(F)CC1)C(=O)COC(F)(F)F. The molecule has 0 aromatic carbocycles. The zero-order valence-electron chi connectivity index (χ0n) is 19.7. The highest BCUT2D eigenvalue weighted by Crippen LogP contribution is 2.55. The number of carbonyl (C=O) groups excluding carboxylic acids is 4. The first-order chi connectivity index (χ1) is 16.8. The summed E-state index contributed by atoms with van der Waals surface area (Å²) < 4.78 is 68.3. The van der Waals surface area contributed by atoms with Gasteiger partial charge < -0.3 is 15.5 Å². The Labute approximate surface area is 204 Å². The number of halogens is 5.